The minimum absolute atomic E-state index is 0.224. The molecule has 11 heteroatoms. The lowest BCUT2D eigenvalue weighted by Gasteiger charge is -2.27. The zero-order valence-corrected chi connectivity index (χ0v) is 24.0. The summed E-state index contributed by atoms with van der Waals surface area (Å²) in [5.41, 5.74) is 2.81. The predicted molar refractivity (Wildman–Crippen MR) is 152 cm³/mol. The molecule has 4 rings (SSSR count). The Bertz CT molecular complexity index is 1510. The van der Waals surface area contributed by atoms with Gasteiger partial charge in [-0.3, -0.25) is 19.7 Å². The number of rotatable bonds is 6. The minimum Gasteiger partial charge on any atom is -0.482 e. The first-order chi connectivity index (χ1) is 18.0. The molecule has 3 aromatic rings. The Kier molecular flexibility index (Phi) is 8.35. The molecular weight excluding hydrogens is 642 g/mol. The van der Waals surface area contributed by atoms with E-state index in [1.54, 1.807) is 54.6 Å². The van der Waals surface area contributed by atoms with E-state index in [2.05, 4.69) is 42.5 Å². The van der Waals surface area contributed by atoms with Crippen LogP contribution in [0.2, 0.25) is 5.02 Å². The van der Waals surface area contributed by atoms with Gasteiger partial charge >= 0.3 is 6.03 Å². The molecule has 1 aliphatic heterocycles. The summed E-state index contributed by atoms with van der Waals surface area (Å²) >= 11 is 12.7. The number of imide groups is 2. The molecule has 8 nitrogen and oxygen atoms in total. The summed E-state index contributed by atoms with van der Waals surface area (Å²) in [4.78, 5) is 52.0. The monoisotopic (exact) mass is 659 g/mol. The highest BCUT2D eigenvalue weighted by atomic mass is 79.9. The lowest BCUT2D eigenvalue weighted by atomic mass is 10.0. The average molecular weight is 662 g/mol. The molecule has 3 aromatic carbocycles. The number of hydrogen-bond acceptors (Lipinski definition) is 5. The van der Waals surface area contributed by atoms with Gasteiger partial charge in [-0.2, -0.15) is 0 Å². The van der Waals surface area contributed by atoms with Crippen molar-refractivity contribution in [3.8, 4) is 5.75 Å². The molecule has 1 fully saturated rings. The molecule has 0 atom stereocenters. The van der Waals surface area contributed by atoms with E-state index >= 15 is 0 Å². The number of hydrogen-bond donors (Lipinski definition) is 2. The number of nitrogens with one attached hydrogen (secondary N) is 2. The van der Waals surface area contributed by atoms with E-state index in [0.29, 0.717) is 30.9 Å². The third-order valence-electron chi connectivity index (χ3n) is 5.66. The van der Waals surface area contributed by atoms with Crippen molar-refractivity contribution >= 4 is 84.7 Å². The number of benzene rings is 3. The third-order valence-corrected chi connectivity index (χ3v) is 6.96. The van der Waals surface area contributed by atoms with Crippen molar-refractivity contribution in [2.24, 2.45) is 0 Å². The van der Waals surface area contributed by atoms with Crippen LogP contribution in [0.1, 0.15) is 16.7 Å². The average Bonchev–Trinajstić information content (AvgIpc) is 2.84. The maximum absolute atomic E-state index is 13.4. The van der Waals surface area contributed by atoms with E-state index in [-0.39, 0.29) is 17.9 Å². The second-order valence-corrected chi connectivity index (χ2v) is 10.6. The second kappa shape index (κ2) is 11.5. The number of nitrogens with zero attached hydrogens (tertiary/aromatic N) is 1. The molecule has 194 valence electrons. The summed E-state index contributed by atoms with van der Waals surface area (Å²) in [6.45, 7) is 3.42. The number of carbonyl (C=O) groups is 4. The molecule has 0 saturated carbocycles. The Balaban J connectivity index is 1.63. The molecule has 38 heavy (non-hydrogen) atoms. The van der Waals surface area contributed by atoms with Crippen molar-refractivity contribution < 1.29 is 23.9 Å². The quantitative estimate of drug-likeness (QED) is 0.243. The summed E-state index contributed by atoms with van der Waals surface area (Å²) in [6, 6.07) is 14.2. The number of anilines is 2. The first kappa shape index (κ1) is 27.6. The Morgan fingerprint density at radius 1 is 1.03 bits per heavy atom. The lowest BCUT2D eigenvalue weighted by Crippen LogP contribution is -2.54. The highest BCUT2D eigenvalue weighted by Gasteiger charge is 2.37. The summed E-state index contributed by atoms with van der Waals surface area (Å²) in [6.07, 6.45) is 1.32. The van der Waals surface area contributed by atoms with Crippen LogP contribution in [-0.2, 0) is 14.4 Å². The Morgan fingerprint density at radius 2 is 1.74 bits per heavy atom. The largest absolute Gasteiger partial charge is 0.482 e. The Hall–Kier alpha value is -3.47. The van der Waals surface area contributed by atoms with Crippen LogP contribution >= 0.6 is 43.5 Å². The number of amides is 5. The number of aryl methyl sites for hydroxylation is 2. The van der Waals surface area contributed by atoms with Crippen molar-refractivity contribution in [3.63, 3.8) is 0 Å². The van der Waals surface area contributed by atoms with E-state index in [4.69, 9.17) is 16.3 Å². The summed E-state index contributed by atoms with van der Waals surface area (Å²) < 4.78 is 6.88. The number of barbiturate groups is 1. The molecule has 0 radical (unpaired) electrons. The molecule has 5 amide bonds. The zero-order chi connectivity index (χ0) is 27.6. The molecule has 1 saturated heterocycles. The Labute approximate surface area is 240 Å². The molecule has 1 heterocycles. The predicted octanol–water partition coefficient (Wildman–Crippen LogP) is 6.17. The molecule has 0 aliphatic carbocycles. The van der Waals surface area contributed by atoms with E-state index in [1.807, 2.05) is 13.8 Å². The maximum atomic E-state index is 13.4. The molecule has 0 spiro atoms. The van der Waals surface area contributed by atoms with Gasteiger partial charge in [0, 0.05) is 20.7 Å². The summed E-state index contributed by atoms with van der Waals surface area (Å²) in [7, 11) is 0. The number of carbonyl (C=O) groups excluding carboxylic acids is 4. The fourth-order valence-electron chi connectivity index (χ4n) is 3.62. The fourth-order valence-corrected chi connectivity index (χ4v) is 5.12. The number of ether oxygens (including phenoxy) is 1. The highest BCUT2D eigenvalue weighted by Crippen LogP contribution is 2.35. The normalized spacial score (nSPS) is 14.5. The second-order valence-electron chi connectivity index (χ2n) is 8.38. The standard InChI is InChI=1S/C27H20Br2ClN3O5/c1-14-3-8-20(9-15(14)2)33-26(36)21(25(35)32-27(33)37)11-16-10-17(28)12-22(29)24(16)38-13-23(34)31-19-6-4-18(30)5-7-19/h3-12H,13H2,1-2H3,(H,31,34)(H,32,35,37)/b21-11-. The molecule has 2 N–H and O–H groups in total. The Morgan fingerprint density at radius 3 is 2.42 bits per heavy atom. The van der Waals surface area contributed by atoms with Gasteiger partial charge in [-0.05, 0) is 95.5 Å². The third kappa shape index (κ3) is 6.15. The maximum Gasteiger partial charge on any atom is 0.335 e. The first-order valence-corrected chi connectivity index (χ1v) is 13.2. The van der Waals surface area contributed by atoms with E-state index in [9.17, 15) is 19.2 Å². The van der Waals surface area contributed by atoms with E-state index in [1.165, 1.54) is 6.08 Å². The smallest absolute Gasteiger partial charge is 0.335 e. The van der Waals surface area contributed by atoms with Crippen molar-refractivity contribution in [3.05, 3.63) is 90.8 Å². The van der Waals surface area contributed by atoms with Crippen LogP contribution < -0.4 is 20.3 Å². The van der Waals surface area contributed by atoms with Crippen molar-refractivity contribution in [2.45, 2.75) is 13.8 Å². The van der Waals surface area contributed by atoms with Crippen LogP contribution in [0.3, 0.4) is 0 Å². The van der Waals surface area contributed by atoms with Crippen molar-refractivity contribution in [1.29, 1.82) is 0 Å². The fraction of sp³-hybridized carbons (Fsp3) is 0.111. The van der Waals surface area contributed by atoms with Crippen molar-refractivity contribution in [2.75, 3.05) is 16.8 Å². The van der Waals surface area contributed by atoms with Gasteiger partial charge in [0.1, 0.15) is 11.3 Å². The van der Waals surface area contributed by atoms with Gasteiger partial charge in [0.15, 0.2) is 6.61 Å². The summed E-state index contributed by atoms with van der Waals surface area (Å²) in [5.74, 6) is -1.84. The summed E-state index contributed by atoms with van der Waals surface area (Å²) in [5, 5.41) is 5.45. The van der Waals surface area contributed by atoms with E-state index in [0.717, 1.165) is 16.0 Å². The van der Waals surface area contributed by atoms with Gasteiger partial charge in [0.2, 0.25) is 0 Å². The van der Waals surface area contributed by atoms with Crippen molar-refractivity contribution in [1.82, 2.24) is 5.32 Å². The zero-order valence-electron chi connectivity index (χ0n) is 20.1. The van der Waals surface area contributed by atoms with Crippen LogP contribution in [0, 0.1) is 13.8 Å². The minimum atomic E-state index is -0.845. The molecule has 1 aliphatic rings. The van der Waals surface area contributed by atoms with Crippen LogP contribution in [0.4, 0.5) is 16.2 Å². The van der Waals surface area contributed by atoms with Gasteiger partial charge in [0.05, 0.1) is 10.2 Å². The van der Waals surface area contributed by atoms with E-state index < -0.39 is 23.8 Å². The van der Waals surface area contributed by atoms with Crippen LogP contribution in [-0.4, -0.2) is 30.4 Å². The SMILES string of the molecule is Cc1ccc(N2C(=O)NC(=O)/C(=C/c3cc(Br)cc(Br)c3OCC(=O)Nc3ccc(Cl)cc3)C2=O)cc1C. The van der Waals surface area contributed by atoms with Gasteiger partial charge in [-0.15, -0.1) is 0 Å². The number of urea groups is 1. The first-order valence-electron chi connectivity index (χ1n) is 11.2. The van der Waals surface area contributed by atoms with Gasteiger partial charge in [-0.1, -0.05) is 33.6 Å². The number of halogens is 3. The topological polar surface area (TPSA) is 105 Å². The van der Waals surface area contributed by atoms with Crippen LogP contribution in [0.15, 0.2) is 69.1 Å². The highest BCUT2D eigenvalue weighted by molar-refractivity contribution is 9.11. The lowest BCUT2D eigenvalue weighted by molar-refractivity contribution is -0.122. The molecule has 0 unspecified atom stereocenters. The molecule has 0 bridgehead atoms. The van der Waals surface area contributed by atoms with Gasteiger partial charge in [-0.25, -0.2) is 9.69 Å². The van der Waals surface area contributed by atoms with Gasteiger partial charge in [0.25, 0.3) is 17.7 Å². The van der Waals surface area contributed by atoms with Crippen LogP contribution in [0.5, 0.6) is 5.75 Å². The van der Waals surface area contributed by atoms with Gasteiger partial charge < -0.3 is 10.1 Å². The van der Waals surface area contributed by atoms with Crippen LogP contribution in [0.25, 0.3) is 6.08 Å². The molecule has 0 aromatic heterocycles. The molecular formula is C27H20Br2ClN3O5.